The van der Waals surface area contributed by atoms with Crippen molar-refractivity contribution in [2.45, 2.75) is 78.0 Å². The van der Waals surface area contributed by atoms with Crippen molar-refractivity contribution in [3.63, 3.8) is 0 Å². The zero-order valence-electron chi connectivity index (χ0n) is 13.8. The van der Waals surface area contributed by atoms with Gasteiger partial charge >= 0.3 is 6.09 Å². The van der Waals surface area contributed by atoms with E-state index in [2.05, 4.69) is 13.8 Å². The van der Waals surface area contributed by atoms with Gasteiger partial charge in [-0.2, -0.15) is 0 Å². The van der Waals surface area contributed by atoms with Crippen LogP contribution in [0.15, 0.2) is 16.5 Å². The van der Waals surface area contributed by atoms with Gasteiger partial charge in [0, 0.05) is 12.5 Å². The molecule has 0 bridgehead atoms. The van der Waals surface area contributed by atoms with Crippen molar-refractivity contribution in [2.75, 3.05) is 0 Å². The molecule has 1 fully saturated rings. The van der Waals surface area contributed by atoms with E-state index < -0.39 is 5.60 Å². The number of amides is 1. The number of hydrogen-bond donors (Lipinski definition) is 0. The lowest BCUT2D eigenvalue weighted by Gasteiger charge is -2.40. The van der Waals surface area contributed by atoms with E-state index in [1.165, 1.54) is 0 Å². The number of furan rings is 1. The molecule has 4 nitrogen and oxygen atoms in total. The highest BCUT2D eigenvalue weighted by Crippen LogP contribution is 2.36. The van der Waals surface area contributed by atoms with Gasteiger partial charge in [-0.05, 0) is 59.1 Å². The topological polar surface area (TPSA) is 42.7 Å². The van der Waals surface area contributed by atoms with Crippen LogP contribution in [0.1, 0.15) is 71.4 Å². The number of carbonyl (C=O) groups excluding carboxylic acids is 1. The van der Waals surface area contributed by atoms with E-state index in [0.29, 0.717) is 0 Å². The number of piperidine rings is 1. The molecule has 0 aromatic carbocycles. The second-order valence-corrected chi connectivity index (χ2v) is 6.84. The van der Waals surface area contributed by atoms with E-state index in [1.54, 1.807) is 0 Å². The lowest BCUT2D eigenvalue weighted by molar-refractivity contribution is -0.00661. The van der Waals surface area contributed by atoms with Crippen LogP contribution in [0.2, 0.25) is 0 Å². The number of ether oxygens (including phenoxy) is 1. The molecule has 1 aromatic rings. The molecule has 2 unspecified atom stereocenters. The number of likely N-dealkylation sites (tertiary alicyclic amines) is 1. The fourth-order valence-electron chi connectivity index (χ4n) is 2.86. The summed E-state index contributed by atoms with van der Waals surface area (Å²) in [6.07, 6.45) is 3.67. The molecule has 1 aliphatic rings. The quantitative estimate of drug-likeness (QED) is 0.794. The number of rotatable bonds is 2. The Balaban J connectivity index is 2.22. The van der Waals surface area contributed by atoms with Gasteiger partial charge in [0.15, 0.2) is 0 Å². The van der Waals surface area contributed by atoms with Gasteiger partial charge in [-0.1, -0.05) is 6.92 Å². The Bertz CT molecular complexity index is 486. The first-order chi connectivity index (χ1) is 9.81. The van der Waals surface area contributed by atoms with Gasteiger partial charge in [0.05, 0.1) is 6.04 Å². The fourth-order valence-corrected chi connectivity index (χ4v) is 2.86. The summed E-state index contributed by atoms with van der Waals surface area (Å²) in [6.45, 7) is 9.85. The summed E-state index contributed by atoms with van der Waals surface area (Å²) in [4.78, 5) is 14.4. The SMILES string of the molecule is CCc1ccc(C2CCCC(C)N2C(=O)OC(C)(C)C)o1. The highest BCUT2D eigenvalue weighted by Gasteiger charge is 2.37. The van der Waals surface area contributed by atoms with Crippen LogP contribution in [-0.2, 0) is 11.2 Å². The largest absolute Gasteiger partial charge is 0.464 e. The monoisotopic (exact) mass is 293 g/mol. The van der Waals surface area contributed by atoms with Gasteiger partial charge in [-0.3, -0.25) is 4.90 Å². The first-order valence-electron chi connectivity index (χ1n) is 7.91. The molecule has 1 aliphatic heterocycles. The van der Waals surface area contributed by atoms with E-state index in [1.807, 2.05) is 37.8 Å². The van der Waals surface area contributed by atoms with E-state index in [0.717, 1.165) is 37.2 Å². The molecule has 2 atom stereocenters. The molecule has 1 aromatic heterocycles. The Hall–Kier alpha value is -1.45. The van der Waals surface area contributed by atoms with Gasteiger partial charge in [-0.25, -0.2) is 4.79 Å². The van der Waals surface area contributed by atoms with Crippen LogP contribution in [-0.4, -0.2) is 22.6 Å². The van der Waals surface area contributed by atoms with Crippen molar-refractivity contribution >= 4 is 6.09 Å². The van der Waals surface area contributed by atoms with Gasteiger partial charge in [0.2, 0.25) is 0 Å². The molecular formula is C17H27NO3. The van der Waals surface area contributed by atoms with Crippen LogP contribution in [0, 0.1) is 0 Å². The third-order valence-corrected chi connectivity index (χ3v) is 3.87. The van der Waals surface area contributed by atoms with E-state index in [4.69, 9.17) is 9.15 Å². The number of hydrogen-bond acceptors (Lipinski definition) is 3. The molecule has 2 rings (SSSR count). The minimum absolute atomic E-state index is 0.0103. The van der Waals surface area contributed by atoms with Crippen LogP contribution in [0.3, 0.4) is 0 Å². The minimum Gasteiger partial charge on any atom is -0.464 e. The third kappa shape index (κ3) is 3.80. The van der Waals surface area contributed by atoms with Crippen LogP contribution in [0.5, 0.6) is 0 Å². The summed E-state index contributed by atoms with van der Waals surface area (Å²) in [5, 5.41) is 0. The summed E-state index contributed by atoms with van der Waals surface area (Å²) < 4.78 is 11.5. The lowest BCUT2D eigenvalue weighted by Crippen LogP contribution is -2.46. The second kappa shape index (κ2) is 6.12. The number of carbonyl (C=O) groups is 1. The van der Waals surface area contributed by atoms with Crippen molar-refractivity contribution in [2.24, 2.45) is 0 Å². The highest BCUT2D eigenvalue weighted by atomic mass is 16.6. The Labute approximate surface area is 127 Å². The second-order valence-electron chi connectivity index (χ2n) is 6.84. The molecule has 118 valence electrons. The first kappa shape index (κ1) is 15.9. The molecule has 1 saturated heterocycles. The molecule has 4 heteroatoms. The molecular weight excluding hydrogens is 266 g/mol. The first-order valence-corrected chi connectivity index (χ1v) is 7.91. The maximum absolute atomic E-state index is 12.5. The predicted octanol–water partition coefficient (Wildman–Crippen LogP) is 4.69. The maximum Gasteiger partial charge on any atom is 0.411 e. The van der Waals surface area contributed by atoms with E-state index >= 15 is 0 Å². The smallest absolute Gasteiger partial charge is 0.411 e. The minimum atomic E-state index is -0.476. The summed E-state index contributed by atoms with van der Waals surface area (Å²) in [5.41, 5.74) is -0.476. The number of aryl methyl sites for hydroxylation is 1. The van der Waals surface area contributed by atoms with Crippen LogP contribution in [0.4, 0.5) is 4.79 Å². The highest BCUT2D eigenvalue weighted by molar-refractivity contribution is 5.69. The van der Waals surface area contributed by atoms with Crippen LogP contribution < -0.4 is 0 Å². The molecule has 0 radical (unpaired) electrons. The van der Waals surface area contributed by atoms with E-state index in [-0.39, 0.29) is 18.2 Å². The fraction of sp³-hybridized carbons (Fsp3) is 0.706. The van der Waals surface area contributed by atoms with Gasteiger partial charge < -0.3 is 9.15 Å². The molecule has 0 N–H and O–H groups in total. The molecule has 21 heavy (non-hydrogen) atoms. The predicted molar refractivity (Wildman–Crippen MR) is 82.2 cm³/mol. The molecule has 2 heterocycles. The lowest BCUT2D eigenvalue weighted by atomic mass is 9.95. The Morgan fingerprint density at radius 2 is 2.10 bits per heavy atom. The normalized spacial score (nSPS) is 23.2. The van der Waals surface area contributed by atoms with Gasteiger partial charge in [0.1, 0.15) is 17.1 Å². The molecule has 1 amide bonds. The van der Waals surface area contributed by atoms with Crippen LogP contribution >= 0.6 is 0 Å². The molecule has 0 saturated carbocycles. The zero-order chi connectivity index (χ0) is 15.6. The van der Waals surface area contributed by atoms with Crippen molar-refractivity contribution in [1.29, 1.82) is 0 Å². The maximum atomic E-state index is 12.5. The average molecular weight is 293 g/mol. The van der Waals surface area contributed by atoms with Gasteiger partial charge in [0.25, 0.3) is 0 Å². The van der Waals surface area contributed by atoms with Crippen LogP contribution in [0.25, 0.3) is 0 Å². The standard InChI is InChI=1S/C17H27NO3/c1-6-13-10-11-15(20-13)14-9-7-8-12(2)18(14)16(19)21-17(3,4)5/h10-12,14H,6-9H2,1-5H3. The Morgan fingerprint density at radius 3 is 2.67 bits per heavy atom. The zero-order valence-corrected chi connectivity index (χ0v) is 13.8. The summed E-state index contributed by atoms with van der Waals surface area (Å²) in [7, 11) is 0. The summed E-state index contributed by atoms with van der Waals surface area (Å²) in [5.74, 6) is 1.84. The number of nitrogens with zero attached hydrogens (tertiary/aromatic N) is 1. The van der Waals surface area contributed by atoms with Gasteiger partial charge in [-0.15, -0.1) is 0 Å². The van der Waals surface area contributed by atoms with Crippen molar-refractivity contribution in [1.82, 2.24) is 4.90 Å². The summed E-state index contributed by atoms with van der Waals surface area (Å²) in [6, 6.07) is 4.17. The van der Waals surface area contributed by atoms with Crippen molar-refractivity contribution in [3.8, 4) is 0 Å². The Kier molecular flexibility index (Phi) is 4.64. The Morgan fingerprint density at radius 1 is 1.38 bits per heavy atom. The molecule has 0 aliphatic carbocycles. The van der Waals surface area contributed by atoms with Crippen molar-refractivity contribution in [3.05, 3.63) is 23.7 Å². The van der Waals surface area contributed by atoms with E-state index in [9.17, 15) is 4.79 Å². The average Bonchev–Trinajstić information content (AvgIpc) is 2.84. The summed E-state index contributed by atoms with van der Waals surface area (Å²) >= 11 is 0. The van der Waals surface area contributed by atoms with Crippen molar-refractivity contribution < 1.29 is 13.9 Å². The molecule has 0 spiro atoms. The third-order valence-electron chi connectivity index (χ3n) is 3.87.